The number of aromatic nitrogens is 1. The van der Waals surface area contributed by atoms with E-state index in [9.17, 15) is 22.8 Å². The fourth-order valence-corrected chi connectivity index (χ4v) is 2.68. The zero-order chi connectivity index (χ0) is 18.4. The van der Waals surface area contributed by atoms with Gasteiger partial charge in [-0.25, -0.2) is 0 Å². The standard InChI is InChI=1S/C17H14F3N3O2/c1-23(2)16(25)10-4-13(15(24)22-7-10)12-5-11(17(18,19)20)3-9-6-21-8-14(9)12/h3-5,7-8H,6H2,1-2H3,(H,22,24). The molecule has 0 spiro atoms. The van der Waals surface area contributed by atoms with Crippen molar-refractivity contribution in [1.29, 1.82) is 0 Å². The van der Waals surface area contributed by atoms with Gasteiger partial charge in [-0.3, -0.25) is 14.6 Å². The summed E-state index contributed by atoms with van der Waals surface area (Å²) in [4.78, 5) is 32.1. The molecule has 2 heterocycles. The Morgan fingerprint density at radius 3 is 2.56 bits per heavy atom. The van der Waals surface area contributed by atoms with Crippen molar-refractivity contribution in [3.63, 3.8) is 0 Å². The van der Waals surface area contributed by atoms with E-state index in [0.717, 1.165) is 12.1 Å². The molecule has 130 valence electrons. The number of amides is 1. The Labute approximate surface area is 140 Å². The van der Waals surface area contributed by atoms with Gasteiger partial charge in [0.25, 0.3) is 11.5 Å². The summed E-state index contributed by atoms with van der Waals surface area (Å²) in [7, 11) is 3.09. The number of benzene rings is 1. The molecule has 0 atom stereocenters. The minimum atomic E-state index is -4.55. The Kier molecular flexibility index (Phi) is 3.98. The van der Waals surface area contributed by atoms with Gasteiger partial charge in [0, 0.05) is 37.6 Å². The van der Waals surface area contributed by atoms with E-state index in [1.165, 1.54) is 23.4 Å². The number of hydrogen-bond acceptors (Lipinski definition) is 3. The van der Waals surface area contributed by atoms with E-state index < -0.39 is 17.3 Å². The van der Waals surface area contributed by atoms with E-state index in [1.807, 2.05) is 0 Å². The molecule has 8 heteroatoms. The Hall–Kier alpha value is -2.90. The molecule has 0 saturated carbocycles. The summed E-state index contributed by atoms with van der Waals surface area (Å²) in [6.45, 7) is 0.125. The first-order chi connectivity index (χ1) is 11.7. The van der Waals surface area contributed by atoms with Crippen LogP contribution in [-0.2, 0) is 12.7 Å². The second kappa shape index (κ2) is 5.87. The van der Waals surface area contributed by atoms with Crippen LogP contribution in [0.5, 0.6) is 0 Å². The van der Waals surface area contributed by atoms with E-state index in [4.69, 9.17) is 0 Å². The van der Waals surface area contributed by atoms with Crippen LogP contribution >= 0.6 is 0 Å². The van der Waals surface area contributed by atoms with Gasteiger partial charge in [-0.15, -0.1) is 0 Å². The smallest absolute Gasteiger partial charge is 0.345 e. The molecule has 0 saturated heterocycles. The van der Waals surface area contributed by atoms with Crippen molar-refractivity contribution in [3.8, 4) is 11.1 Å². The van der Waals surface area contributed by atoms with Gasteiger partial charge in [0.05, 0.1) is 17.7 Å². The number of alkyl halides is 3. The number of halogens is 3. The van der Waals surface area contributed by atoms with Gasteiger partial charge in [-0.2, -0.15) is 13.2 Å². The summed E-state index contributed by atoms with van der Waals surface area (Å²) in [5.41, 5.74) is -0.265. The lowest BCUT2D eigenvalue weighted by Crippen LogP contribution is -2.23. The number of carbonyl (C=O) groups excluding carboxylic acids is 1. The summed E-state index contributed by atoms with van der Waals surface area (Å²) in [6.07, 6.45) is -1.85. The van der Waals surface area contributed by atoms with Crippen LogP contribution in [-0.4, -0.2) is 36.1 Å². The zero-order valence-electron chi connectivity index (χ0n) is 13.4. The van der Waals surface area contributed by atoms with Crippen LogP contribution in [0.25, 0.3) is 11.1 Å². The van der Waals surface area contributed by atoms with Crippen molar-refractivity contribution in [1.82, 2.24) is 9.88 Å². The maximum Gasteiger partial charge on any atom is 0.416 e. The quantitative estimate of drug-likeness (QED) is 0.906. The van der Waals surface area contributed by atoms with E-state index in [1.54, 1.807) is 14.1 Å². The third-order valence-electron chi connectivity index (χ3n) is 3.92. The molecular weight excluding hydrogens is 335 g/mol. The lowest BCUT2D eigenvalue weighted by atomic mass is 9.94. The fraction of sp³-hybridized carbons (Fsp3) is 0.235. The Balaban J connectivity index is 2.25. The van der Waals surface area contributed by atoms with Crippen LogP contribution in [0.2, 0.25) is 0 Å². The fourth-order valence-electron chi connectivity index (χ4n) is 2.68. The van der Waals surface area contributed by atoms with E-state index in [-0.39, 0.29) is 29.1 Å². The largest absolute Gasteiger partial charge is 0.416 e. The van der Waals surface area contributed by atoms with Crippen molar-refractivity contribution in [2.75, 3.05) is 14.1 Å². The summed E-state index contributed by atoms with van der Waals surface area (Å²) in [5, 5.41) is 0. The second-order valence-electron chi connectivity index (χ2n) is 5.89. The summed E-state index contributed by atoms with van der Waals surface area (Å²) < 4.78 is 39.5. The highest BCUT2D eigenvalue weighted by molar-refractivity contribution is 5.97. The average Bonchev–Trinajstić information content (AvgIpc) is 3.01. The first-order valence-corrected chi connectivity index (χ1v) is 7.37. The van der Waals surface area contributed by atoms with Crippen molar-refractivity contribution < 1.29 is 18.0 Å². The van der Waals surface area contributed by atoms with Gasteiger partial charge in [-0.1, -0.05) is 0 Å². The number of nitrogens with zero attached hydrogens (tertiary/aromatic N) is 2. The molecule has 0 unspecified atom stereocenters. The molecule has 0 radical (unpaired) electrons. The van der Waals surface area contributed by atoms with Crippen LogP contribution in [0, 0.1) is 0 Å². The van der Waals surface area contributed by atoms with Crippen LogP contribution < -0.4 is 5.56 Å². The number of nitrogens with one attached hydrogen (secondary N) is 1. The van der Waals surface area contributed by atoms with Gasteiger partial charge >= 0.3 is 6.18 Å². The molecule has 5 nitrogen and oxygen atoms in total. The number of rotatable bonds is 2. The van der Waals surface area contributed by atoms with E-state index in [2.05, 4.69) is 9.98 Å². The predicted molar refractivity (Wildman–Crippen MR) is 86.8 cm³/mol. The lowest BCUT2D eigenvalue weighted by Gasteiger charge is -2.14. The number of carbonyl (C=O) groups is 1. The third-order valence-corrected chi connectivity index (χ3v) is 3.92. The maximum atomic E-state index is 13.2. The maximum absolute atomic E-state index is 13.2. The number of pyridine rings is 1. The third kappa shape index (κ3) is 3.07. The highest BCUT2D eigenvalue weighted by atomic mass is 19.4. The topological polar surface area (TPSA) is 65.5 Å². The van der Waals surface area contributed by atoms with Gasteiger partial charge in [0.15, 0.2) is 0 Å². The molecule has 0 aliphatic carbocycles. The molecule has 2 aromatic rings. The van der Waals surface area contributed by atoms with Gasteiger partial charge in [0.1, 0.15) is 0 Å². The molecule has 1 aliphatic rings. The van der Waals surface area contributed by atoms with Crippen molar-refractivity contribution in [3.05, 3.63) is 57.0 Å². The molecule has 1 aromatic carbocycles. The normalized spacial score (nSPS) is 13.0. The molecule has 1 aromatic heterocycles. The minimum absolute atomic E-state index is 0.00315. The highest BCUT2D eigenvalue weighted by Gasteiger charge is 2.33. The molecule has 25 heavy (non-hydrogen) atoms. The van der Waals surface area contributed by atoms with Crippen LogP contribution in [0.1, 0.15) is 27.0 Å². The second-order valence-corrected chi connectivity index (χ2v) is 5.89. The monoisotopic (exact) mass is 349 g/mol. The van der Waals surface area contributed by atoms with Gasteiger partial charge in [0.2, 0.25) is 0 Å². The molecule has 3 rings (SSSR count). The SMILES string of the molecule is CN(C)C(=O)c1c[nH]c(=O)c(-c2cc(C(F)(F)F)cc3c2C=NC3)c1. The lowest BCUT2D eigenvalue weighted by molar-refractivity contribution is -0.137. The number of aromatic amines is 1. The number of aliphatic imine (C=N–C) groups is 1. The Bertz CT molecular complexity index is 943. The molecule has 1 amide bonds. The van der Waals surface area contributed by atoms with E-state index in [0.29, 0.717) is 11.1 Å². The molecular formula is C17H14F3N3O2. The van der Waals surface area contributed by atoms with Crippen LogP contribution in [0.4, 0.5) is 13.2 Å². The average molecular weight is 349 g/mol. The first-order valence-electron chi connectivity index (χ1n) is 7.37. The number of fused-ring (bicyclic) bond motifs is 1. The Morgan fingerprint density at radius 2 is 1.92 bits per heavy atom. The highest BCUT2D eigenvalue weighted by Crippen LogP contribution is 2.36. The molecule has 1 aliphatic heterocycles. The zero-order valence-corrected chi connectivity index (χ0v) is 13.4. The summed E-state index contributed by atoms with van der Waals surface area (Å²) in [5.74, 6) is -0.366. The van der Waals surface area contributed by atoms with E-state index >= 15 is 0 Å². The van der Waals surface area contributed by atoms with Crippen LogP contribution in [0.3, 0.4) is 0 Å². The number of H-pyrrole nitrogens is 1. The molecule has 0 bridgehead atoms. The van der Waals surface area contributed by atoms with Gasteiger partial charge < -0.3 is 9.88 Å². The van der Waals surface area contributed by atoms with Crippen molar-refractivity contribution in [2.45, 2.75) is 12.7 Å². The predicted octanol–water partition coefficient (Wildman–Crippen LogP) is 2.70. The van der Waals surface area contributed by atoms with Crippen molar-refractivity contribution in [2.24, 2.45) is 4.99 Å². The van der Waals surface area contributed by atoms with Crippen LogP contribution in [0.15, 0.2) is 34.2 Å². The molecule has 1 N–H and O–H groups in total. The van der Waals surface area contributed by atoms with Gasteiger partial charge in [-0.05, 0) is 29.3 Å². The molecule has 0 fully saturated rings. The van der Waals surface area contributed by atoms with Crippen molar-refractivity contribution >= 4 is 12.1 Å². The summed E-state index contributed by atoms with van der Waals surface area (Å²) >= 11 is 0. The Morgan fingerprint density at radius 1 is 1.20 bits per heavy atom. The first kappa shape index (κ1) is 16.9. The summed E-state index contributed by atoms with van der Waals surface area (Å²) in [6, 6.07) is 3.27. The minimum Gasteiger partial charge on any atom is -0.345 e. The number of hydrogen-bond donors (Lipinski definition) is 1.